The number of carboxylic acid groups (broad SMARTS) is 1. The van der Waals surface area contributed by atoms with Gasteiger partial charge in [-0.15, -0.1) is 0 Å². The number of ether oxygens (including phenoxy) is 1. The van der Waals surface area contributed by atoms with E-state index in [2.05, 4.69) is 5.32 Å². The van der Waals surface area contributed by atoms with Gasteiger partial charge in [0.1, 0.15) is 6.10 Å². The van der Waals surface area contributed by atoms with Crippen molar-refractivity contribution in [2.24, 2.45) is 0 Å². The van der Waals surface area contributed by atoms with Crippen molar-refractivity contribution < 1.29 is 19.4 Å². The lowest BCUT2D eigenvalue weighted by Crippen LogP contribution is -2.38. The third-order valence-electron chi connectivity index (χ3n) is 3.97. The highest BCUT2D eigenvalue weighted by Crippen LogP contribution is 2.21. The van der Waals surface area contributed by atoms with E-state index in [4.69, 9.17) is 9.84 Å². The van der Waals surface area contributed by atoms with E-state index < -0.39 is 18.1 Å². The summed E-state index contributed by atoms with van der Waals surface area (Å²) in [4.78, 5) is 23.6. The predicted octanol–water partition coefficient (Wildman–Crippen LogP) is 3.23. The number of hydrogen-bond donors (Lipinski definition) is 2. The maximum absolute atomic E-state index is 12.4. The van der Waals surface area contributed by atoms with Crippen molar-refractivity contribution in [2.45, 2.75) is 39.0 Å². The number of carbonyl (C=O) groups is 2. The second-order valence-electron chi connectivity index (χ2n) is 5.95. The fraction of sp³-hybridized carbons (Fsp3) is 0.300. The van der Waals surface area contributed by atoms with Crippen LogP contribution in [0, 0.1) is 6.92 Å². The molecule has 132 valence electrons. The van der Waals surface area contributed by atoms with Crippen molar-refractivity contribution in [3.63, 3.8) is 0 Å². The number of amides is 1. The molecule has 25 heavy (non-hydrogen) atoms. The first-order valence-electron chi connectivity index (χ1n) is 8.20. The highest BCUT2D eigenvalue weighted by atomic mass is 16.5. The van der Waals surface area contributed by atoms with E-state index in [0.29, 0.717) is 6.61 Å². The molecule has 0 heterocycles. The molecule has 2 N–H and O–H groups in total. The van der Waals surface area contributed by atoms with Crippen LogP contribution >= 0.6 is 0 Å². The molecule has 0 radical (unpaired) electrons. The van der Waals surface area contributed by atoms with Gasteiger partial charge in [0.15, 0.2) is 0 Å². The minimum atomic E-state index is -0.966. The van der Waals surface area contributed by atoms with Crippen LogP contribution in [0.3, 0.4) is 0 Å². The van der Waals surface area contributed by atoms with E-state index in [0.717, 1.165) is 16.7 Å². The molecule has 0 bridgehead atoms. The molecule has 5 nitrogen and oxygen atoms in total. The Kier molecular flexibility index (Phi) is 6.71. The average molecular weight is 341 g/mol. The minimum absolute atomic E-state index is 0.179. The summed E-state index contributed by atoms with van der Waals surface area (Å²) in [6.07, 6.45) is -0.859. The first-order valence-corrected chi connectivity index (χ1v) is 8.20. The van der Waals surface area contributed by atoms with Crippen molar-refractivity contribution in [1.82, 2.24) is 5.32 Å². The third-order valence-corrected chi connectivity index (χ3v) is 3.97. The molecule has 0 aliphatic heterocycles. The highest BCUT2D eigenvalue weighted by Gasteiger charge is 2.22. The van der Waals surface area contributed by atoms with Crippen LogP contribution in [0.4, 0.5) is 0 Å². The molecule has 0 aliphatic rings. The largest absolute Gasteiger partial charge is 0.481 e. The number of aryl methyl sites for hydroxylation is 1. The molecular formula is C20H23NO4. The van der Waals surface area contributed by atoms with E-state index >= 15 is 0 Å². The third kappa shape index (κ3) is 5.72. The summed E-state index contributed by atoms with van der Waals surface area (Å²) in [5.41, 5.74) is 2.71. The van der Waals surface area contributed by atoms with Gasteiger partial charge in [0, 0.05) is 0 Å². The summed E-state index contributed by atoms with van der Waals surface area (Å²) < 4.78 is 5.60. The number of benzene rings is 2. The quantitative estimate of drug-likeness (QED) is 0.773. The van der Waals surface area contributed by atoms with Gasteiger partial charge in [0.2, 0.25) is 5.91 Å². The van der Waals surface area contributed by atoms with Crippen LogP contribution in [0.1, 0.15) is 36.1 Å². The zero-order valence-corrected chi connectivity index (χ0v) is 14.4. The molecule has 1 amide bonds. The number of nitrogens with one attached hydrogen (secondary N) is 1. The van der Waals surface area contributed by atoms with Crippen LogP contribution in [0.2, 0.25) is 0 Å². The molecule has 0 aromatic heterocycles. The van der Waals surface area contributed by atoms with Gasteiger partial charge >= 0.3 is 5.97 Å². The van der Waals surface area contributed by atoms with Gasteiger partial charge < -0.3 is 15.2 Å². The van der Waals surface area contributed by atoms with Gasteiger partial charge in [-0.1, -0.05) is 54.6 Å². The average Bonchev–Trinajstić information content (AvgIpc) is 2.60. The van der Waals surface area contributed by atoms with Crippen LogP contribution < -0.4 is 5.32 Å². The number of hydrogen-bond acceptors (Lipinski definition) is 3. The Morgan fingerprint density at radius 3 is 2.36 bits per heavy atom. The topological polar surface area (TPSA) is 75.6 Å². The smallest absolute Gasteiger partial charge is 0.305 e. The summed E-state index contributed by atoms with van der Waals surface area (Å²) in [6.45, 7) is 3.88. The Morgan fingerprint density at radius 2 is 1.72 bits per heavy atom. The molecule has 0 aliphatic carbocycles. The van der Waals surface area contributed by atoms with Crippen molar-refractivity contribution in [2.75, 3.05) is 0 Å². The lowest BCUT2D eigenvalue weighted by atomic mass is 9.98. The molecule has 5 heteroatoms. The Hall–Kier alpha value is -2.66. The van der Waals surface area contributed by atoms with E-state index in [1.165, 1.54) is 0 Å². The molecule has 0 spiro atoms. The summed E-state index contributed by atoms with van der Waals surface area (Å²) in [6, 6.07) is 16.4. The first-order chi connectivity index (χ1) is 12.0. The summed E-state index contributed by atoms with van der Waals surface area (Å²) in [5, 5.41) is 12.0. The summed E-state index contributed by atoms with van der Waals surface area (Å²) >= 11 is 0. The SMILES string of the molecule is Cc1ccccc1C(CC(=O)O)NC(=O)C(C)OCc1ccccc1. The molecule has 2 unspecified atom stereocenters. The predicted molar refractivity (Wildman–Crippen MR) is 95.0 cm³/mol. The second kappa shape index (κ2) is 8.99. The molecule has 0 fully saturated rings. The van der Waals surface area contributed by atoms with Crippen LogP contribution in [0.25, 0.3) is 0 Å². The van der Waals surface area contributed by atoms with Crippen molar-refractivity contribution in [1.29, 1.82) is 0 Å². The first kappa shape index (κ1) is 18.7. The molecule has 2 aromatic rings. The van der Waals surface area contributed by atoms with Gasteiger partial charge in [0.25, 0.3) is 0 Å². The second-order valence-corrected chi connectivity index (χ2v) is 5.95. The molecule has 0 saturated carbocycles. The van der Waals surface area contributed by atoms with Gasteiger partial charge in [-0.3, -0.25) is 9.59 Å². The van der Waals surface area contributed by atoms with Crippen LogP contribution in [-0.2, 0) is 20.9 Å². The zero-order chi connectivity index (χ0) is 18.2. The van der Waals surface area contributed by atoms with Crippen molar-refractivity contribution in [3.05, 3.63) is 71.3 Å². The zero-order valence-electron chi connectivity index (χ0n) is 14.4. The molecule has 2 atom stereocenters. The van der Waals surface area contributed by atoms with Crippen molar-refractivity contribution in [3.8, 4) is 0 Å². The fourth-order valence-electron chi connectivity index (χ4n) is 2.55. The molecule has 2 aromatic carbocycles. The molecule has 0 saturated heterocycles. The van der Waals surface area contributed by atoms with E-state index in [-0.39, 0.29) is 12.3 Å². The van der Waals surface area contributed by atoms with E-state index in [1.807, 2.05) is 61.5 Å². The normalized spacial score (nSPS) is 13.0. The Morgan fingerprint density at radius 1 is 1.08 bits per heavy atom. The number of rotatable bonds is 8. The summed E-state index contributed by atoms with van der Waals surface area (Å²) in [7, 11) is 0. The standard InChI is InChI=1S/C20H23NO4/c1-14-8-6-7-11-17(14)18(12-19(22)23)21-20(24)15(2)25-13-16-9-4-3-5-10-16/h3-11,15,18H,12-13H2,1-2H3,(H,21,24)(H,22,23). The monoisotopic (exact) mass is 341 g/mol. The lowest BCUT2D eigenvalue weighted by molar-refractivity contribution is -0.138. The highest BCUT2D eigenvalue weighted by molar-refractivity contribution is 5.81. The maximum atomic E-state index is 12.4. The maximum Gasteiger partial charge on any atom is 0.305 e. The lowest BCUT2D eigenvalue weighted by Gasteiger charge is -2.22. The summed E-state index contributed by atoms with van der Waals surface area (Å²) in [5.74, 6) is -1.29. The molecule has 2 rings (SSSR count). The van der Waals surface area contributed by atoms with Gasteiger partial charge in [-0.05, 0) is 30.5 Å². The van der Waals surface area contributed by atoms with Crippen LogP contribution in [0.5, 0.6) is 0 Å². The molecular weight excluding hydrogens is 318 g/mol. The van der Waals surface area contributed by atoms with Gasteiger partial charge in [0.05, 0.1) is 19.1 Å². The Bertz CT molecular complexity index is 715. The Balaban J connectivity index is 2.01. The van der Waals surface area contributed by atoms with E-state index in [9.17, 15) is 9.59 Å². The van der Waals surface area contributed by atoms with Gasteiger partial charge in [-0.25, -0.2) is 0 Å². The Labute approximate surface area is 147 Å². The fourth-order valence-corrected chi connectivity index (χ4v) is 2.55. The number of carboxylic acids is 1. The minimum Gasteiger partial charge on any atom is -0.481 e. The number of aliphatic carboxylic acids is 1. The van der Waals surface area contributed by atoms with E-state index in [1.54, 1.807) is 6.92 Å². The van der Waals surface area contributed by atoms with Gasteiger partial charge in [-0.2, -0.15) is 0 Å². The van der Waals surface area contributed by atoms with Crippen LogP contribution in [-0.4, -0.2) is 23.1 Å². The van der Waals surface area contributed by atoms with Crippen LogP contribution in [0.15, 0.2) is 54.6 Å². The number of carbonyl (C=O) groups excluding carboxylic acids is 1. The van der Waals surface area contributed by atoms with Crippen molar-refractivity contribution >= 4 is 11.9 Å².